The Labute approximate surface area is 104 Å². The van der Waals surface area contributed by atoms with E-state index in [1.807, 2.05) is 0 Å². The lowest BCUT2D eigenvalue weighted by Gasteiger charge is -2.33. The molecule has 0 saturated carbocycles. The second-order valence-electron chi connectivity index (χ2n) is 3.86. The number of nitrogens with one attached hydrogen (secondary N) is 2. The third-order valence-electron chi connectivity index (χ3n) is 3.03. The quantitative estimate of drug-likeness (QED) is 0.714. The highest BCUT2D eigenvalue weighted by Crippen LogP contribution is 2.30. The van der Waals surface area contributed by atoms with Crippen molar-refractivity contribution in [2.75, 3.05) is 0 Å². The Kier molecular flexibility index (Phi) is 3.82. The zero-order chi connectivity index (χ0) is 12.5. The highest BCUT2D eigenvalue weighted by molar-refractivity contribution is 6.22. The van der Waals surface area contributed by atoms with Gasteiger partial charge in [0.05, 0.1) is 0 Å². The minimum Gasteiger partial charge on any atom is -0.412 e. The largest absolute Gasteiger partial charge is 0.412 e. The van der Waals surface area contributed by atoms with Crippen LogP contribution in [0.3, 0.4) is 0 Å². The monoisotopic (exact) mass is 250 g/mol. The lowest BCUT2D eigenvalue weighted by Crippen LogP contribution is -2.64. The summed E-state index contributed by atoms with van der Waals surface area (Å²) in [5.74, 6) is -1.14. The van der Waals surface area contributed by atoms with Crippen LogP contribution in [0, 0.1) is 0 Å². The van der Waals surface area contributed by atoms with Crippen molar-refractivity contribution in [1.82, 2.24) is 10.6 Å². The van der Waals surface area contributed by atoms with E-state index in [0.717, 1.165) is 0 Å². The number of rotatable bonds is 2. The molecule has 0 spiro atoms. The number of barbiturate groups is 1. The van der Waals surface area contributed by atoms with Gasteiger partial charge in [-0.25, -0.2) is 4.79 Å². The maximum atomic E-state index is 12.0. The Morgan fingerprint density at radius 1 is 1.00 bits per heavy atom. The van der Waals surface area contributed by atoms with E-state index in [9.17, 15) is 14.4 Å². The summed E-state index contributed by atoms with van der Waals surface area (Å²) in [5, 5.41) is 4.28. The first-order valence-corrected chi connectivity index (χ1v) is 5.33. The molecule has 1 saturated heterocycles. The molecule has 18 heavy (non-hydrogen) atoms. The molecule has 4 N–H and O–H groups in total. The van der Waals surface area contributed by atoms with Crippen molar-refractivity contribution in [3.8, 4) is 0 Å². The van der Waals surface area contributed by atoms with Crippen molar-refractivity contribution in [3.05, 3.63) is 35.9 Å². The van der Waals surface area contributed by atoms with Crippen LogP contribution in [-0.2, 0) is 15.0 Å². The van der Waals surface area contributed by atoms with E-state index in [-0.39, 0.29) is 5.48 Å². The molecule has 0 aromatic heterocycles. The number of hydrogen-bond acceptors (Lipinski definition) is 3. The number of benzene rings is 1. The number of urea groups is 1. The van der Waals surface area contributed by atoms with Crippen molar-refractivity contribution in [2.24, 2.45) is 0 Å². The van der Waals surface area contributed by atoms with Gasteiger partial charge in [-0.3, -0.25) is 20.2 Å². The molecule has 6 heteroatoms. The fourth-order valence-corrected chi connectivity index (χ4v) is 2.06. The van der Waals surface area contributed by atoms with Gasteiger partial charge in [0.15, 0.2) is 5.41 Å². The maximum absolute atomic E-state index is 12.0. The molecule has 0 atom stereocenters. The SMILES string of the molecule is CCC1(c2ccccc2)C(=O)NC(=O)NC1=O.O. The first-order valence-electron chi connectivity index (χ1n) is 5.33. The number of imide groups is 2. The summed E-state index contributed by atoms with van der Waals surface area (Å²) in [6, 6.07) is 7.96. The van der Waals surface area contributed by atoms with E-state index in [1.54, 1.807) is 37.3 Å². The molecular formula is C12H14N2O4. The topological polar surface area (TPSA) is 107 Å². The molecule has 4 amide bonds. The highest BCUT2D eigenvalue weighted by Gasteiger charge is 2.50. The van der Waals surface area contributed by atoms with Crippen molar-refractivity contribution < 1.29 is 19.9 Å². The van der Waals surface area contributed by atoms with Gasteiger partial charge in [0.1, 0.15) is 0 Å². The van der Waals surface area contributed by atoms with Crippen LogP contribution in [0.2, 0.25) is 0 Å². The molecule has 1 aliphatic heterocycles. The molecule has 2 rings (SSSR count). The molecule has 1 heterocycles. The van der Waals surface area contributed by atoms with Gasteiger partial charge < -0.3 is 5.48 Å². The lowest BCUT2D eigenvalue weighted by atomic mass is 9.75. The van der Waals surface area contributed by atoms with Crippen molar-refractivity contribution in [2.45, 2.75) is 18.8 Å². The molecule has 1 fully saturated rings. The molecule has 1 aliphatic rings. The van der Waals surface area contributed by atoms with E-state index in [1.165, 1.54) is 0 Å². The minimum absolute atomic E-state index is 0. The number of carbonyl (C=O) groups is 3. The third-order valence-corrected chi connectivity index (χ3v) is 3.03. The molecule has 1 aromatic rings. The van der Waals surface area contributed by atoms with Gasteiger partial charge in [-0.15, -0.1) is 0 Å². The average molecular weight is 250 g/mol. The second kappa shape index (κ2) is 4.97. The molecular weight excluding hydrogens is 236 g/mol. The number of amides is 4. The van der Waals surface area contributed by atoms with Crippen LogP contribution in [0.15, 0.2) is 30.3 Å². The zero-order valence-corrected chi connectivity index (χ0v) is 9.82. The predicted octanol–water partition coefficient (Wildman–Crippen LogP) is -0.124. The summed E-state index contributed by atoms with van der Waals surface area (Å²) in [5.41, 5.74) is -0.722. The smallest absolute Gasteiger partial charge is 0.328 e. The van der Waals surface area contributed by atoms with Gasteiger partial charge in [-0.2, -0.15) is 0 Å². The van der Waals surface area contributed by atoms with E-state index < -0.39 is 23.3 Å². The zero-order valence-electron chi connectivity index (χ0n) is 9.82. The van der Waals surface area contributed by atoms with E-state index >= 15 is 0 Å². The standard InChI is InChI=1S/C12H12N2O3.H2O/c1-2-12(8-6-4-3-5-7-8)9(15)13-11(17)14-10(12)16;/h3-7H,2H2,1H3,(H2,13,14,15,16,17);1H2. The molecule has 1 aromatic carbocycles. The molecule has 0 aliphatic carbocycles. The Morgan fingerprint density at radius 3 is 1.94 bits per heavy atom. The highest BCUT2D eigenvalue weighted by atomic mass is 16.2. The Balaban J connectivity index is 0.00000162. The number of hydrogen-bond donors (Lipinski definition) is 2. The normalized spacial score (nSPS) is 17.5. The molecule has 0 unspecified atom stereocenters. The molecule has 96 valence electrons. The molecule has 0 radical (unpaired) electrons. The summed E-state index contributed by atoms with van der Waals surface area (Å²) in [6.45, 7) is 1.74. The average Bonchev–Trinajstić information content (AvgIpc) is 2.30. The van der Waals surface area contributed by atoms with Crippen LogP contribution in [-0.4, -0.2) is 23.3 Å². The Morgan fingerprint density at radius 2 is 1.50 bits per heavy atom. The summed E-state index contributed by atoms with van der Waals surface area (Å²) in [4.78, 5) is 35.0. The van der Waals surface area contributed by atoms with Gasteiger partial charge in [0.2, 0.25) is 11.8 Å². The van der Waals surface area contributed by atoms with Crippen LogP contribution in [0.5, 0.6) is 0 Å². The second-order valence-corrected chi connectivity index (χ2v) is 3.86. The van der Waals surface area contributed by atoms with Crippen LogP contribution >= 0.6 is 0 Å². The lowest BCUT2D eigenvalue weighted by molar-refractivity contribution is -0.138. The van der Waals surface area contributed by atoms with E-state index in [0.29, 0.717) is 12.0 Å². The van der Waals surface area contributed by atoms with Crippen molar-refractivity contribution in [3.63, 3.8) is 0 Å². The summed E-state index contributed by atoms with van der Waals surface area (Å²) in [6.07, 6.45) is 0.294. The van der Waals surface area contributed by atoms with Gasteiger partial charge in [0, 0.05) is 0 Å². The van der Waals surface area contributed by atoms with Gasteiger partial charge >= 0.3 is 6.03 Å². The minimum atomic E-state index is -1.31. The summed E-state index contributed by atoms with van der Waals surface area (Å²) >= 11 is 0. The maximum Gasteiger partial charge on any atom is 0.328 e. The van der Waals surface area contributed by atoms with Crippen LogP contribution in [0.25, 0.3) is 0 Å². The van der Waals surface area contributed by atoms with Crippen LogP contribution in [0.4, 0.5) is 4.79 Å². The first-order chi connectivity index (χ1) is 8.11. The van der Waals surface area contributed by atoms with Gasteiger partial charge in [0.25, 0.3) is 0 Å². The summed E-state index contributed by atoms with van der Waals surface area (Å²) in [7, 11) is 0. The van der Waals surface area contributed by atoms with Gasteiger partial charge in [-0.05, 0) is 12.0 Å². The Bertz CT molecular complexity index is 464. The van der Waals surface area contributed by atoms with E-state index in [4.69, 9.17) is 0 Å². The van der Waals surface area contributed by atoms with Crippen molar-refractivity contribution in [1.29, 1.82) is 0 Å². The van der Waals surface area contributed by atoms with Crippen LogP contribution < -0.4 is 10.6 Å². The third kappa shape index (κ3) is 1.86. The van der Waals surface area contributed by atoms with Crippen LogP contribution in [0.1, 0.15) is 18.9 Å². The summed E-state index contributed by atoms with van der Waals surface area (Å²) < 4.78 is 0. The molecule has 0 bridgehead atoms. The predicted molar refractivity (Wildman–Crippen MR) is 63.7 cm³/mol. The fraction of sp³-hybridized carbons (Fsp3) is 0.250. The molecule has 6 nitrogen and oxygen atoms in total. The number of carbonyl (C=O) groups excluding carboxylic acids is 3. The van der Waals surface area contributed by atoms with E-state index in [2.05, 4.69) is 10.6 Å². The van der Waals surface area contributed by atoms with Crippen molar-refractivity contribution >= 4 is 17.8 Å². The first kappa shape index (κ1) is 13.9. The Hall–Kier alpha value is -2.21. The van der Waals surface area contributed by atoms with Gasteiger partial charge in [-0.1, -0.05) is 37.3 Å². The fourth-order valence-electron chi connectivity index (χ4n) is 2.06.